The molecule has 20 heavy (non-hydrogen) atoms. The molecule has 1 unspecified atom stereocenters. The number of carbonyl (C=O) groups is 1. The van der Waals surface area contributed by atoms with Crippen LogP contribution in [0.5, 0.6) is 0 Å². The minimum absolute atomic E-state index is 0.0789. The summed E-state index contributed by atoms with van der Waals surface area (Å²) >= 11 is 0. The Morgan fingerprint density at radius 3 is 2.60 bits per heavy atom. The number of carbonyl (C=O) groups excluding carboxylic acids is 1. The molecular formula is C14H18FNO3S. The third-order valence-corrected chi connectivity index (χ3v) is 4.36. The van der Waals surface area contributed by atoms with Gasteiger partial charge >= 0.3 is 10.2 Å². The van der Waals surface area contributed by atoms with Crippen molar-refractivity contribution < 1.29 is 17.1 Å². The molecule has 0 bridgehead atoms. The third kappa shape index (κ3) is 3.36. The highest BCUT2D eigenvalue weighted by atomic mass is 32.3. The Hall–Kier alpha value is -1.43. The van der Waals surface area contributed by atoms with Crippen LogP contribution in [0.15, 0.2) is 24.3 Å². The second-order valence-corrected chi connectivity index (χ2v) is 6.90. The van der Waals surface area contributed by atoms with Crippen molar-refractivity contribution in [3.8, 4) is 0 Å². The summed E-state index contributed by atoms with van der Waals surface area (Å²) in [7, 11) is -4.54. The second-order valence-electron chi connectivity index (χ2n) is 5.49. The van der Waals surface area contributed by atoms with Crippen LogP contribution in [0.1, 0.15) is 31.7 Å². The largest absolute Gasteiger partial charge is 0.312 e. The Morgan fingerprint density at radius 1 is 1.35 bits per heavy atom. The van der Waals surface area contributed by atoms with Gasteiger partial charge in [-0.05, 0) is 17.5 Å². The van der Waals surface area contributed by atoms with E-state index in [-0.39, 0.29) is 24.8 Å². The Balaban J connectivity index is 2.24. The average molecular weight is 299 g/mol. The summed E-state index contributed by atoms with van der Waals surface area (Å²) < 4.78 is 34.2. The number of para-hydroxylation sites is 1. The molecule has 1 fully saturated rings. The highest BCUT2D eigenvalue weighted by Crippen LogP contribution is 2.32. The van der Waals surface area contributed by atoms with Gasteiger partial charge in [0.15, 0.2) is 0 Å². The van der Waals surface area contributed by atoms with Gasteiger partial charge in [0, 0.05) is 24.6 Å². The monoisotopic (exact) mass is 299 g/mol. The topological polar surface area (TPSA) is 54.5 Å². The number of halogens is 1. The SMILES string of the molecule is CC(C)c1ccccc1N1CC(CS(=O)(=O)F)CC1=O. The highest BCUT2D eigenvalue weighted by Gasteiger charge is 2.34. The molecule has 1 saturated heterocycles. The molecule has 1 aliphatic heterocycles. The molecule has 0 saturated carbocycles. The molecule has 1 atom stereocenters. The first kappa shape index (κ1) is 15.0. The molecule has 0 spiro atoms. The van der Waals surface area contributed by atoms with Crippen LogP contribution >= 0.6 is 0 Å². The third-order valence-electron chi connectivity index (χ3n) is 3.49. The van der Waals surface area contributed by atoms with E-state index in [4.69, 9.17) is 0 Å². The van der Waals surface area contributed by atoms with E-state index in [2.05, 4.69) is 0 Å². The molecule has 1 amide bonds. The van der Waals surface area contributed by atoms with Gasteiger partial charge in [0.25, 0.3) is 0 Å². The molecule has 4 nitrogen and oxygen atoms in total. The summed E-state index contributed by atoms with van der Waals surface area (Å²) in [6.07, 6.45) is 0.0789. The lowest BCUT2D eigenvalue weighted by Gasteiger charge is -2.22. The lowest BCUT2D eigenvalue weighted by atomic mass is 10.0. The van der Waals surface area contributed by atoms with E-state index in [0.717, 1.165) is 11.3 Å². The maximum absolute atomic E-state index is 12.7. The van der Waals surface area contributed by atoms with E-state index in [1.807, 2.05) is 38.1 Å². The summed E-state index contributed by atoms with van der Waals surface area (Å²) in [4.78, 5) is 13.6. The van der Waals surface area contributed by atoms with Crippen molar-refractivity contribution in [3.63, 3.8) is 0 Å². The Labute approximate surface area is 118 Å². The first-order chi connectivity index (χ1) is 9.28. The van der Waals surface area contributed by atoms with Crippen LogP contribution in [-0.4, -0.2) is 26.6 Å². The van der Waals surface area contributed by atoms with Crippen molar-refractivity contribution in [2.45, 2.75) is 26.2 Å². The van der Waals surface area contributed by atoms with Crippen molar-refractivity contribution in [1.29, 1.82) is 0 Å². The van der Waals surface area contributed by atoms with E-state index in [1.165, 1.54) is 0 Å². The molecule has 1 aromatic rings. The van der Waals surface area contributed by atoms with Crippen molar-refractivity contribution >= 4 is 21.8 Å². The number of hydrogen-bond donors (Lipinski definition) is 0. The number of hydrogen-bond acceptors (Lipinski definition) is 3. The van der Waals surface area contributed by atoms with Gasteiger partial charge in [-0.3, -0.25) is 4.79 Å². The van der Waals surface area contributed by atoms with Gasteiger partial charge in [-0.15, -0.1) is 3.89 Å². The van der Waals surface area contributed by atoms with Gasteiger partial charge in [-0.1, -0.05) is 32.0 Å². The van der Waals surface area contributed by atoms with Crippen LogP contribution in [0.25, 0.3) is 0 Å². The van der Waals surface area contributed by atoms with Gasteiger partial charge in [-0.25, -0.2) is 0 Å². The van der Waals surface area contributed by atoms with Crippen LogP contribution < -0.4 is 4.90 Å². The van der Waals surface area contributed by atoms with Crippen LogP contribution in [0.3, 0.4) is 0 Å². The van der Waals surface area contributed by atoms with Gasteiger partial charge in [0.05, 0.1) is 5.75 Å². The number of benzene rings is 1. The summed E-state index contributed by atoms with van der Waals surface area (Å²) in [6, 6.07) is 7.54. The van der Waals surface area contributed by atoms with Gasteiger partial charge in [0.1, 0.15) is 0 Å². The second kappa shape index (κ2) is 5.52. The number of amides is 1. The van der Waals surface area contributed by atoms with Gasteiger partial charge < -0.3 is 4.90 Å². The number of anilines is 1. The van der Waals surface area contributed by atoms with Crippen molar-refractivity contribution in [2.75, 3.05) is 17.2 Å². The fraction of sp³-hybridized carbons (Fsp3) is 0.500. The molecule has 2 rings (SSSR count). The molecule has 6 heteroatoms. The summed E-state index contributed by atoms with van der Waals surface area (Å²) in [6.45, 7) is 4.32. The standard InChI is InChI=1S/C14H18FNO3S/c1-10(2)12-5-3-4-6-13(12)16-8-11(7-14(16)17)9-20(15,18)19/h3-6,10-11H,7-9H2,1-2H3. The Morgan fingerprint density at radius 2 is 2.00 bits per heavy atom. The lowest BCUT2D eigenvalue weighted by molar-refractivity contribution is -0.117. The zero-order valence-corrected chi connectivity index (χ0v) is 12.4. The van der Waals surface area contributed by atoms with Gasteiger partial charge in [-0.2, -0.15) is 8.42 Å². The Kier molecular flexibility index (Phi) is 4.13. The molecular weight excluding hydrogens is 281 g/mol. The fourth-order valence-corrected chi connectivity index (χ4v) is 3.42. The molecule has 0 radical (unpaired) electrons. The first-order valence-corrected chi connectivity index (χ1v) is 8.15. The van der Waals surface area contributed by atoms with Crippen LogP contribution in [0, 0.1) is 5.92 Å². The Bertz CT molecular complexity index is 613. The average Bonchev–Trinajstić information content (AvgIpc) is 2.67. The predicted octanol–water partition coefficient (Wildman–Crippen LogP) is 2.46. The maximum Gasteiger partial charge on any atom is 0.302 e. The number of nitrogens with zero attached hydrogens (tertiary/aromatic N) is 1. The van der Waals surface area contributed by atoms with Crippen molar-refractivity contribution in [1.82, 2.24) is 0 Å². The molecule has 0 aliphatic carbocycles. The summed E-state index contributed by atoms with van der Waals surface area (Å²) in [5.41, 5.74) is 1.83. The quantitative estimate of drug-likeness (QED) is 0.803. The lowest BCUT2D eigenvalue weighted by Crippen LogP contribution is -2.26. The summed E-state index contributed by atoms with van der Waals surface area (Å²) in [5, 5.41) is 0. The van der Waals surface area contributed by atoms with E-state index in [1.54, 1.807) is 4.90 Å². The van der Waals surface area contributed by atoms with Crippen LogP contribution in [-0.2, 0) is 15.0 Å². The normalized spacial score (nSPS) is 19.9. The minimum atomic E-state index is -4.54. The van der Waals surface area contributed by atoms with E-state index >= 15 is 0 Å². The molecule has 110 valence electrons. The maximum atomic E-state index is 12.7. The zero-order valence-electron chi connectivity index (χ0n) is 11.5. The van der Waals surface area contributed by atoms with E-state index in [9.17, 15) is 17.1 Å². The van der Waals surface area contributed by atoms with Gasteiger partial charge in [0.2, 0.25) is 5.91 Å². The predicted molar refractivity (Wildman–Crippen MR) is 75.9 cm³/mol. The van der Waals surface area contributed by atoms with Crippen molar-refractivity contribution in [2.24, 2.45) is 5.92 Å². The molecule has 1 heterocycles. The highest BCUT2D eigenvalue weighted by molar-refractivity contribution is 7.86. The van der Waals surface area contributed by atoms with Crippen LogP contribution in [0.2, 0.25) is 0 Å². The van der Waals surface area contributed by atoms with Crippen LogP contribution in [0.4, 0.5) is 9.57 Å². The smallest absolute Gasteiger partial charge is 0.302 e. The van der Waals surface area contributed by atoms with E-state index in [0.29, 0.717) is 0 Å². The molecule has 0 aromatic heterocycles. The minimum Gasteiger partial charge on any atom is -0.312 e. The first-order valence-electron chi connectivity index (χ1n) is 6.59. The fourth-order valence-electron chi connectivity index (χ4n) is 2.63. The number of rotatable bonds is 4. The van der Waals surface area contributed by atoms with Crippen molar-refractivity contribution in [3.05, 3.63) is 29.8 Å². The zero-order chi connectivity index (χ0) is 14.9. The molecule has 0 N–H and O–H groups in total. The molecule has 1 aliphatic rings. The molecule has 1 aromatic carbocycles. The summed E-state index contributed by atoms with van der Waals surface area (Å²) in [5.74, 6) is -0.952. The van der Waals surface area contributed by atoms with E-state index < -0.39 is 21.9 Å².